The molecule has 0 heterocycles. The van der Waals surface area contributed by atoms with Gasteiger partial charge in [0, 0.05) is 5.56 Å². The summed E-state index contributed by atoms with van der Waals surface area (Å²) in [6.07, 6.45) is 7.39. The van der Waals surface area contributed by atoms with E-state index >= 15 is 0 Å². The van der Waals surface area contributed by atoms with Gasteiger partial charge in [-0.05, 0) is 50.7 Å². The molecule has 1 atom stereocenters. The first kappa shape index (κ1) is 23.4. The minimum Gasteiger partial charge on any atom is -0.465 e. The largest absolute Gasteiger partial charge is 0.465 e. The molecule has 0 saturated heterocycles. The summed E-state index contributed by atoms with van der Waals surface area (Å²) < 4.78 is 5.50. The molecule has 1 aromatic carbocycles. The Labute approximate surface area is 165 Å². The molecule has 0 bridgehead atoms. The van der Waals surface area contributed by atoms with Gasteiger partial charge in [-0.3, -0.25) is 9.59 Å². The van der Waals surface area contributed by atoms with Gasteiger partial charge in [-0.25, -0.2) is 0 Å². The number of carbonyl (C=O) groups excluding carboxylic acids is 2. The zero-order chi connectivity index (χ0) is 20.4. The van der Waals surface area contributed by atoms with Gasteiger partial charge >= 0.3 is 5.97 Å². The summed E-state index contributed by atoms with van der Waals surface area (Å²) in [6.45, 7) is 12.6. The van der Waals surface area contributed by atoms with Gasteiger partial charge in [0.1, 0.15) is 5.92 Å². The molecule has 27 heavy (non-hydrogen) atoms. The van der Waals surface area contributed by atoms with E-state index in [0.717, 1.165) is 29.5 Å². The molecule has 1 unspecified atom stereocenters. The van der Waals surface area contributed by atoms with Crippen molar-refractivity contribution in [3.8, 4) is 0 Å². The van der Waals surface area contributed by atoms with Crippen molar-refractivity contribution in [3.05, 3.63) is 34.4 Å². The molecule has 0 fully saturated rings. The van der Waals surface area contributed by atoms with Crippen LogP contribution >= 0.6 is 0 Å². The van der Waals surface area contributed by atoms with Crippen molar-refractivity contribution in [1.29, 1.82) is 0 Å². The molecule has 0 spiro atoms. The van der Waals surface area contributed by atoms with Crippen molar-refractivity contribution < 1.29 is 14.3 Å². The molecule has 0 aromatic heterocycles. The van der Waals surface area contributed by atoms with E-state index in [4.69, 9.17) is 4.74 Å². The predicted octanol–water partition coefficient (Wildman–Crippen LogP) is 6.36. The van der Waals surface area contributed by atoms with Crippen LogP contribution in [0.1, 0.15) is 92.8 Å². The van der Waals surface area contributed by atoms with Crippen LogP contribution in [-0.2, 0) is 9.53 Å². The third-order valence-electron chi connectivity index (χ3n) is 4.97. The van der Waals surface area contributed by atoms with Crippen molar-refractivity contribution in [2.45, 2.75) is 86.5 Å². The van der Waals surface area contributed by atoms with Gasteiger partial charge in [0.2, 0.25) is 0 Å². The van der Waals surface area contributed by atoms with E-state index in [9.17, 15) is 9.59 Å². The number of rotatable bonds is 12. The zero-order valence-electron chi connectivity index (χ0n) is 18.2. The number of Topliss-reactive ketones (excluding diaryl/α,β-unsaturated/α-hetero) is 1. The smallest absolute Gasteiger partial charge is 0.316 e. The molecule has 0 aliphatic carbocycles. The summed E-state index contributed by atoms with van der Waals surface area (Å²) in [6, 6.07) is 4.02. The molecule has 0 aliphatic heterocycles. The molecular weight excluding hydrogens is 336 g/mol. The quantitative estimate of drug-likeness (QED) is 0.185. The number of carbonyl (C=O) groups is 2. The van der Waals surface area contributed by atoms with Gasteiger partial charge in [-0.15, -0.1) is 0 Å². The number of hydrogen-bond donors (Lipinski definition) is 0. The summed E-state index contributed by atoms with van der Waals surface area (Å²) >= 11 is 0. The van der Waals surface area contributed by atoms with E-state index in [-0.39, 0.29) is 17.7 Å². The number of aryl methyl sites for hydroxylation is 3. The maximum Gasteiger partial charge on any atom is 0.316 e. The maximum absolute atomic E-state index is 13.2. The van der Waals surface area contributed by atoms with Crippen LogP contribution in [0.4, 0.5) is 0 Å². The first-order valence-electron chi connectivity index (χ1n) is 10.6. The molecule has 3 nitrogen and oxygen atoms in total. The lowest BCUT2D eigenvalue weighted by atomic mass is 9.85. The highest BCUT2D eigenvalue weighted by molar-refractivity contribution is 6.10. The van der Waals surface area contributed by atoms with Crippen LogP contribution in [0.5, 0.6) is 0 Å². The monoisotopic (exact) mass is 374 g/mol. The van der Waals surface area contributed by atoms with E-state index in [1.807, 2.05) is 46.8 Å². The van der Waals surface area contributed by atoms with Gasteiger partial charge < -0.3 is 4.74 Å². The summed E-state index contributed by atoms with van der Waals surface area (Å²) in [5.74, 6) is -0.898. The molecule has 1 aromatic rings. The highest BCUT2D eigenvalue weighted by Crippen LogP contribution is 2.25. The standard InChI is InChI=1S/C24H38O3/c1-7-8-9-10-11-12-13-27-24(26)21(14-17(2)3)23(25)22-19(5)15-18(4)16-20(22)6/h15-17,21H,7-14H2,1-6H3. The number of benzene rings is 1. The maximum atomic E-state index is 13.2. The summed E-state index contributed by atoms with van der Waals surface area (Å²) in [7, 11) is 0. The predicted molar refractivity (Wildman–Crippen MR) is 112 cm³/mol. The van der Waals surface area contributed by atoms with Gasteiger partial charge in [0.25, 0.3) is 0 Å². The molecule has 0 aliphatic rings. The van der Waals surface area contributed by atoms with E-state index in [2.05, 4.69) is 6.92 Å². The zero-order valence-corrected chi connectivity index (χ0v) is 18.2. The lowest BCUT2D eigenvalue weighted by Gasteiger charge is -2.19. The van der Waals surface area contributed by atoms with Crippen LogP contribution < -0.4 is 0 Å². The fourth-order valence-corrected chi connectivity index (χ4v) is 3.68. The van der Waals surface area contributed by atoms with E-state index in [1.54, 1.807) is 0 Å². The second kappa shape index (κ2) is 11.9. The second-order valence-corrected chi connectivity index (χ2v) is 8.26. The average Bonchev–Trinajstić information content (AvgIpc) is 2.57. The molecule has 0 amide bonds. The van der Waals surface area contributed by atoms with Gasteiger partial charge in [-0.1, -0.05) is 70.6 Å². The van der Waals surface area contributed by atoms with Crippen LogP contribution in [-0.4, -0.2) is 18.4 Å². The first-order chi connectivity index (χ1) is 12.8. The highest BCUT2D eigenvalue weighted by Gasteiger charge is 2.31. The third kappa shape index (κ3) is 7.86. The average molecular weight is 375 g/mol. The Kier molecular flexibility index (Phi) is 10.4. The fraction of sp³-hybridized carbons (Fsp3) is 0.667. The van der Waals surface area contributed by atoms with E-state index < -0.39 is 5.92 Å². The van der Waals surface area contributed by atoms with Crippen LogP contribution in [0.3, 0.4) is 0 Å². The lowest BCUT2D eigenvalue weighted by Crippen LogP contribution is -2.29. The highest BCUT2D eigenvalue weighted by atomic mass is 16.5. The van der Waals surface area contributed by atoms with Crippen molar-refractivity contribution in [2.24, 2.45) is 11.8 Å². The molecule has 0 radical (unpaired) electrons. The minimum atomic E-state index is -0.704. The van der Waals surface area contributed by atoms with Crippen molar-refractivity contribution in [2.75, 3.05) is 6.61 Å². The third-order valence-corrected chi connectivity index (χ3v) is 4.97. The van der Waals surface area contributed by atoms with Crippen LogP contribution in [0.25, 0.3) is 0 Å². The Bertz CT molecular complexity index is 593. The topological polar surface area (TPSA) is 43.4 Å². The fourth-order valence-electron chi connectivity index (χ4n) is 3.68. The number of ether oxygens (including phenoxy) is 1. The lowest BCUT2D eigenvalue weighted by molar-refractivity contribution is -0.147. The number of ketones is 1. The minimum absolute atomic E-state index is 0.0911. The van der Waals surface area contributed by atoms with Gasteiger partial charge in [0.15, 0.2) is 5.78 Å². The normalized spacial score (nSPS) is 12.3. The Balaban J connectivity index is 2.75. The Hall–Kier alpha value is -1.64. The molecule has 1 rings (SSSR count). The number of hydrogen-bond acceptors (Lipinski definition) is 3. The summed E-state index contributed by atoms with van der Waals surface area (Å²) in [4.78, 5) is 25.9. The number of esters is 1. The van der Waals surface area contributed by atoms with Crippen LogP contribution in [0, 0.1) is 32.6 Å². The van der Waals surface area contributed by atoms with Crippen molar-refractivity contribution in [1.82, 2.24) is 0 Å². The summed E-state index contributed by atoms with van der Waals surface area (Å²) in [5, 5.41) is 0. The Morgan fingerprint density at radius 1 is 0.926 bits per heavy atom. The van der Waals surface area contributed by atoms with E-state index in [0.29, 0.717) is 18.6 Å². The van der Waals surface area contributed by atoms with Crippen LogP contribution in [0.2, 0.25) is 0 Å². The van der Waals surface area contributed by atoms with Crippen LogP contribution in [0.15, 0.2) is 12.1 Å². The SMILES string of the molecule is CCCCCCCCOC(=O)C(CC(C)C)C(=O)c1c(C)cc(C)cc1C. The molecule has 0 N–H and O–H groups in total. The molecular formula is C24H38O3. The Morgan fingerprint density at radius 2 is 1.48 bits per heavy atom. The van der Waals surface area contributed by atoms with Gasteiger partial charge in [-0.2, -0.15) is 0 Å². The van der Waals surface area contributed by atoms with E-state index in [1.165, 1.54) is 25.7 Å². The van der Waals surface area contributed by atoms with Crippen molar-refractivity contribution in [3.63, 3.8) is 0 Å². The summed E-state index contributed by atoms with van der Waals surface area (Å²) in [5.41, 5.74) is 3.69. The van der Waals surface area contributed by atoms with Gasteiger partial charge in [0.05, 0.1) is 6.61 Å². The molecule has 152 valence electrons. The number of unbranched alkanes of at least 4 members (excludes halogenated alkanes) is 5. The second-order valence-electron chi connectivity index (χ2n) is 8.26. The van der Waals surface area contributed by atoms with Crippen molar-refractivity contribution >= 4 is 11.8 Å². The first-order valence-corrected chi connectivity index (χ1v) is 10.6. The molecule has 3 heteroatoms. The Morgan fingerprint density at radius 3 is 2.04 bits per heavy atom. The molecule has 0 saturated carbocycles.